The van der Waals surface area contributed by atoms with E-state index >= 15 is 0 Å². The Hall–Kier alpha value is -3.13. The fourth-order valence-electron chi connectivity index (χ4n) is 2.99. The van der Waals surface area contributed by atoms with Crippen LogP contribution in [0, 0.1) is 37.8 Å². The Labute approximate surface area is 173 Å². The van der Waals surface area contributed by atoms with Gasteiger partial charge in [-0.25, -0.2) is 0 Å². The fourth-order valence-corrected chi connectivity index (χ4v) is 3.99. The zero-order chi connectivity index (χ0) is 21.1. The second kappa shape index (κ2) is 8.48. The molecule has 1 N–H and O–H groups in total. The van der Waals surface area contributed by atoms with E-state index in [4.69, 9.17) is 0 Å². The Morgan fingerprint density at radius 1 is 1.14 bits per heavy atom. The number of nitrogens with zero attached hydrogens (tertiary/aromatic N) is 3. The van der Waals surface area contributed by atoms with Gasteiger partial charge in [0.15, 0.2) is 0 Å². The van der Waals surface area contributed by atoms with E-state index in [0.717, 1.165) is 4.90 Å². The molecule has 0 saturated carbocycles. The minimum atomic E-state index is -0.474. The van der Waals surface area contributed by atoms with E-state index in [-0.39, 0.29) is 18.1 Å². The minimum Gasteiger partial charge on any atom is -0.324 e. The van der Waals surface area contributed by atoms with Crippen LogP contribution in [0.1, 0.15) is 22.5 Å². The van der Waals surface area contributed by atoms with Gasteiger partial charge >= 0.3 is 5.69 Å². The molecule has 7 nitrogen and oxygen atoms in total. The lowest BCUT2D eigenvalue weighted by atomic mass is 10.2. The number of rotatable bonds is 6. The third kappa shape index (κ3) is 4.83. The fraction of sp³-hybridized carbons (Fsp3) is 0.238. The summed E-state index contributed by atoms with van der Waals surface area (Å²) in [5.74, 6) is -0.291. The number of hydrogen-bond donors (Lipinski definition) is 1. The Morgan fingerprint density at radius 2 is 1.83 bits per heavy atom. The topological polar surface area (TPSA) is 90.1 Å². The molecule has 0 radical (unpaired) electrons. The van der Waals surface area contributed by atoms with E-state index in [1.165, 1.54) is 20.7 Å². The lowest BCUT2D eigenvalue weighted by Gasteiger charge is -2.09. The average Bonchev–Trinajstić information content (AvgIpc) is 2.93. The van der Waals surface area contributed by atoms with Crippen LogP contribution in [0.15, 0.2) is 52.3 Å². The highest BCUT2D eigenvalue weighted by molar-refractivity contribution is 7.99. The van der Waals surface area contributed by atoms with Crippen LogP contribution < -0.4 is 5.32 Å². The molecule has 0 unspecified atom stereocenters. The molecule has 0 atom stereocenters. The highest BCUT2D eigenvalue weighted by Gasteiger charge is 2.22. The van der Waals surface area contributed by atoms with Gasteiger partial charge in [0.2, 0.25) is 5.91 Å². The first kappa shape index (κ1) is 20.6. The van der Waals surface area contributed by atoms with Gasteiger partial charge in [-0.1, -0.05) is 23.9 Å². The number of nitrogens with one attached hydrogen (secondary N) is 1. The van der Waals surface area contributed by atoms with Gasteiger partial charge in [-0.2, -0.15) is 5.10 Å². The number of hydrogen-bond acceptors (Lipinski definition) is 5. The van der Waals surface area contributed by atoms with Gasteiger partial charge in [-0.15, -0.1) is 0 Å². The van der Waals surface area contributed by atoms with Crippen LogP contribution in [0.4, 0.5) is 11.4 Å². The Morgan fingerprint density at radius 3 is 2.45 bits per heavy atom. The predicted octanol–water partition coefficient (Wildman–Crippen LogP) is 4.81. The molecule has 0 bridgehead atoms. The van der Waals surface area contributed by atoms with Crippen molar-refractivity contribution in [2.24, 2.45) is 0 Å². The van der Waals surface area contributed by atoms with Crippen molar-refractivity contribution in [1.29, 1.82) is 0 Å². The second-order valence-electron chi connectivity index (χ2n) is 6.88. The highest BCUT2D eigenvalue weighted by Crippen LogP contribution is 2.31. The van der Waals surface area contributed by atoms with Gasteiger partial charge in [0.05, 0.1) is 4.92 Å². The molecular formula is C21H22N4O3S. The maximum Gasteiger partial charge on any atom is 0.312 e. The Balaban J connectivity index is 1.65. The number of aromatic nitrogens is 2. The van der Waals surface area contributed by atoms with E-state index in [1.807, 2.05) is 24.3 Å². The van der Waals surface area contributed by atoms with Crippen LogP contribution in [0.2, 0.25) is 0 Å². The van der Waals surface area contributed by atoms with Gasteiger partial charge < -0.3 is 5.32 Å². The molecule has 150 valence electrons. The minimum absolute atomic E-state index is 0.0504. The van der Waals surface area contributed by atoms with Crippen LogP contribution in [-0.2, 0) is 11.3 Å². The van der Waals surface area contributed by atoms with Crippen LogP contribution in [0.5, 0.6) is 0 Å². The molecule has 1 heterocycles. The van der Waals surface area contributed by atoms with Gasteiger partial charge in [0.25, 0.3) is 0 Å². The van der Waals surface area contributed by atoms with Crippen molar-refractivity contribution in [3.63, 3.8) is 0 Å². The smallest absolute Gasteiger partial charge is 0.312 e. The molecule has 3 aromatic rings. The third-order valence-electron chi connectivity index (χ3n) is 4.53. The number of nitro groups is 1. The number of carbonyl (C=O) groups excluding carboxylic acids is 1. The zero-order valence-electron chi connectivity index (χ0n) is 16.7. The summed E-state index contributed by atoms with van der Waals surface area (Å²) in [7, 11) is 0. The van der Waals surface area contributed by atoms with Crippen molar-refractivity contribution in [2.75, 3.05) is 5.32 Å². The molecule has 1 amide bonds. The third-order valence-corrected chi connectivity index (χ3v) is 5.70. The van der Waals surface area contributed by atoms with Crippen molar-refractivity contribution in [1.82, 2.24) is 9.78 Å². The van der Waals surface area contributed by atoms with Gasteiger partial charge in [-0.05, 0) is 69.2 Å². The van der Waals surface area contributed by atoms with Crippen LogP contribution in [0.25, 0.3) is 0 Å². The molecule has 0 fully saturated rings. The molecule has 1 aromatic heterocycles. The van der Waals surface area contributed by atoms with Crippen molar-refractivity contribution >= 4 is 29.0 Å². The first-order valence-corrected chi connectivity index (χ1v) is 9.89. The van der Waals surface area contributed by atoms with E-state index in [9.17, 15) is 14.9 Å². The largest absolute Gasteiger partial charge is 0.324 e. The number of amides is 1. The summed E-state index contributed by atoms with van der Waals surface area (Å²) in [5.41, 5.74) is 3.71. The van der Waals surface area contributed by atoms with Crippen LogP contribution >= 0.6 is 11.8 Å². The van der Waals surface area contributed by atoms with Crippen molar-refractivity contribution < 1.29 is 9.72 Å². The molecule has 3 rings (SSSR count). The summed E-state index contributed by atoms with van der Waals surface area (Å²) in [6.07, 6.45) is 0. The molecule has 0 aliphatic heterocycles. The van der Waals surface area contributed by atoms with Gasteiger partial charge in [-0.3, -0.25) is 19.6 Å². The molecule has 0 aliphatic carbocycles. The van der Waals surface area contributed by atoms with Gasteiger partial charge in [0.1, 0.15) is 17.9 Å². The first-order valence-electron chi connectivity index (χ1n) is 9.08. The average molecular weight is 410 g/mol. The maximum atomic E-state index is 12.3. The number of benzene rings is 2. The maximum absolute atomic E-state index is 12.3. The standard InChI is InChI=1S/C21H22N4O3S/c1-13-5-6-14(2)19(11-13)29-18-9-7-17(8-10-18)22-20(26)12-24-16(4)21(25(27)28)15(3)23-24/h5-11H,12H2,1-4H3,(H,22,26). The second-order valence-corrected chi connectivity index (χ2v) is 7.99. The Bertz CT molecular complexity index is 1070. The summed E-state index contributed by atoms with van der Waals surface area (Å²) in [4.78, 5) is 25.2. The summed E-state index contributed by atoms with van der Waals surface area (Å²) < 4.78 is 1.35. The van der Waals surface area contributed by atoms with Crippen molar-refractivity contribution in [2.45, 2.75) is 44.0 Å². The molecular weight excluding hydrogens is 388 g/mol. The van der Waals surface area contributed by atoms with E-state index < -0.39 is 4.92 Å². The van der Waals surface area contributed by atoms with Crippen molar-refractivity contribution in [3.05, 3.63) is 75.1 Å². The quantitative estimate of drug-likeness (QED) is 0.465. The lowest BCUT2D eigenvalue weighted by Crippen LogP contribution is -2.20. The monoisotopic (exact) mass is 410 g/mol. The summed E-state index contributed by atoms with van der Waals surface area (Å²) >= 11 is 1.68. The Kier molecular flexibility index (Phi) is 6.03. The molecule has 0 saturated heterocycles. The lowest BCUT2D eigenvalue weighted by molar-refractivity contribution is -0.386. The normalized spacial score (nSPS) is 10.8. The van der Waals surface area contributed by atoms with E-state index in [0.29, 0.717) is 17.1 Å². The predicted molar refractivity (Wildman–Crippen MR) is 113 cm³/mol. The number of anilines is 1. The first-order chi connectivity index (χ1) is 13.7. The summed E-state index contributed by atoms with van der Waals surface area (Å²) in [6, 6.07) is 13.9. The molecule has 0 spiro atoms. The highest BCUT2D eigenvalue weighted by atomic mass is 32.2. The van der Waals surface area contributed by atoms with Crippen LogP contribution in [0.3, 0.4) is 0 Å². The number of aryl methyl sites for hydroxylation is 3. The van der Waals surface area contributed by atoms with Crippen molar-refractivity contribution in [3.8, 4) is 0 Å². The summed E-state index contributed by atoms with van der Waals surface area (Å²) in [5, 5.41) is 18.0. The zero-order valence-corrected chi connectivity index (χ0v) is 17.5. The van der Waals surface area contributed by atoms with E-state index in [2.05, 4.69) is 42.5 Å². The van der Waals surface area contributed by atoms with Crippen LogP contribution in [-0.4, -0.2) is 20.6 Å². The van der Waals surface area contributed by atoms with E-state index in [1.54, 1.807) is 25.6 Å². The number of carbonyl (C=O) groups is 1. The molecule has 29 heavy (non-hydrogen) atoms. The molecule has 8 heteroatoms. The molecule has 0 aliphatic rings. The summed E-state index contributed by atoms with van der Waals surface area (Å²) in [6.45, 7) is 7.22. The SMILES string of the molecule is Cc1ccc(C)c(Sc2ccc(NC(=O)Cn3nc(C)c([N+](=O)[O-])c3C)cc2)c1. The molecule has 2 aromatic carbocycles. The van der Waals surface area contributed by atoms with Gasteiger partial charge in [0, 0.05) is 15.5 Å².